The van der Waals surface area contributed by atoms with Gasteiger partial charge in [0.05, 0.1) is 0 Å². The van der Waals surface area contributed by atoms with E-state index in [2.05, 4.69) is 17.1 Å². The van der Waals surface area contributed by atoms with Gasteiger partial charge in [-0.1, -0.05) is 12.8 Å². The molecule has 0 aromatic carbocycles. The molecule has 1 aliphatic heterocycles. The molecule has 0 bridgehead atoms. The summed E-state index contributed by atoms with van der Waals surface area (Å²) in [6, 6.07) is 0.914. The summed E-state index contributed by atoms with van der Waals surface area (Å²) in [5.41, 5.74) is 0. The van der Waals surface area contributed by atoms with Crippen LogP contribution in [0.25, 0.3) is 0 Å². The number of nitrogens with one attached hydrogen (secondary N) is 1. The Morgan fingerprint density at radius 1 is 1.05 bits per heavy atom. The van der Waals surface area contributed by atoms with Crippen LogP contribution in [0.2, 0.25) is 0 Å². The molecule has 0 aromatic rings. The molecule has 0 radical (unpaired) electrons. The van der Waals surface area contributed by atoms with Gasteiger partial charge in [0.1, 0.15) is 0 Å². The van der Waals surface area contributed by atoms with Crippen molar-refractivity contribution in [3.63, 3.8) is 0 Å². The summed E-state index contributed by atoms with van der Waals surface area (Å²) in [7, 11) is 0. The third-order valence-electron chi connectivity index (χ3n) is 5.03. The van der Waals surface area contributed by atoms with Gasteiger partial charge in [0.25, 0.3) is 0 Å². The van der Waals surface area contributed by atoms with Crippen LogP contribution in [0.1, 0.15) is 58.3 Å². The van der Waals surface area contributed by atoms with Crippen LogP contribution in [0.3, 0.4) is 0 Å². The Morgan fingerprint density at radius 2 is 1.90 bits per heavy atom. The van der Waals surface area contributed by atoms with Gasteiger partial charge in [-0.25, -0.2) is 0 Å². The van der Waals surface area contributed by atoms with E-state index >= 15 is 0 Å². The number of rotatable bonds is 9. The SMILES string of the molecule is CCOCCCCNCCN1CCC[C@H]2CCCC[C@H]21. The molecule has 1 saturated carbocycles. The van der Waals surface area contributed by atoms with Crippen molar-refractivity contribution in [1.82, 2.24) is 10.2 Å². The predicted molar refractivity (Wildman–Crippen MR) is 85.1 cm³/mol. The van der Waals surface area contributed by atoms with Crippen molar-refractivity contribution < 1.29 is 4.74 Å². The van der Waals surface area contributed by atoms with E-state index < -0.39 is 0 Å². The molecule has 2 aliphatic rings. The van der Waals surface area contributed by atoms with E-state index in [1.807, 2.05) is 0 Å². The lowest BCUT2D eigenvalue weighted by molar-refractivity contribution is 0.0618. The average Bonchev–Trinajstić information content (AvgIpc) is 2.50. The molecular formula is C17H34N2O. The van der Waals surface area contributed by atoms with Gasteiger partial charge in [0.15, 0.2) is 0 Å². The second-order valence-corrected chi connectivity index (χ2v) is 6.44. The lowest BCUT2D eigenvalue weighted by Crippen LogP contribution is -2.48. The topological polar surface area (TPSA) is 24.5 Å². The Morgan fingerprint density at radius 3 is 2.80 bits per heavy atom. The first-order valence-electron chi connectivity index (χ1n) is 8.94. The normalized spacial score (nSPS) is 27.4. The van der Waals surface area contributed by atoms with Crippen LogP contribution < -0.4 is 5.32 Å². The highest BCUT2D eigenvalue weighted by Gasteiger charge is 2.32. The van der Waals surface area contributed by atoms with Crippen LogP contribution >= 0.6 is 0 Å². The molecule has 2 rings (SSSR count). The zero-order valence-electron chi connectivity index (χ0n) is 13.4. The smallest absolute Gasteiger partial charge is 0.0466 e. The van der Waals surface area contributed by atoms with Gasteiger partial charge >= 0.3 is 0 Å². The maximum absolute atomic E-state index is 5.36. The van der Waals surface area contributed by atoms with E-state index in [-0.39, 0.29) is 0 Å². The molecule has 0 aromatic heterocycles. The highest BCUT2D eigenvalue weighted by atomic mass is 16.5. The van der Waals surface area contributed by atoms with Crippen molar-refractivity contribution in [2.75, 3.05) is 39.4 Å². The molecule has 0 unspecified atom stereocenters. The second kappa shape index (κ2) is 9.75. The first kappa shape index (κ1) is 16.3. The minimum Gasteiger partial charge on any atom is -0.382 e. The largest absolute Gasteiger partial charge is 0.382 e. The van der Waals surface area contributed by atoms with Crippen LogP contribution in [0.5, 0.6) is 0 Å². The molecule has 1 N–H and O–H groups in total. The van der Waals surface area contributed by atoms with E-state index in [0.29, 0.717) is 0 Å². The summed E-state index contributed by atoms with van der Waals surface area (Å²) >= 11 is 0. The predicted octanol–water partition coefficient (Wildman–Crippen LogP) is 3.05. The summed E-state index contributed by atoms with van der Waals surface area (Å²) in [4.78, 5) is 2.78. The number of fused-ring (bicyclic) bond motifs is 1. The Hall–Kier alpha value is -0.120. The number of ether oxygens (including phenoxy) is 1. The molecule has 1 heterocycles. The van der Waals surface area contributed by atoms with Crippen LogP contribution in [0.4, 0.5) is 0 Å². The molecule has 3 heteroatoms. The fourth-order valence-corrected chi connectivity index (χ4v) is 3.95. The fourth-order valence-electron chi connectivity index (χ4n) is 3.95. The van der Waals surface area contributed by atoms with E-state index in [4.69, 9.17) is 4.74 Å². The lowest BCUT2D eigenvalue weighted by atomic mass is 9.78. The van der Waals surface area contributed by atoms with Crippen molar-refractivity contribution in [2.45, 2.75) is 64.3 Å². The number of unbranched alkanes of at least 4 members (excludes halogenated alkanes) is 1. The molecule has 20 heavy (non-hydrogen) atoms. The number of hydrogen-bond acceptors (Lipinski definition) is 3. The van der Waals surface area contributed by atoms with Crippen LogP contribution in [0.15, 0.2) is 0 Å². The van der Waals surface area contributed by atoms with Gasteiger partial charge in [-0.3, -0.25) is 4.90 Å². The first-order valence-corrected chi connectivity index (χ1v) is 8.94. The van der Waals surface area contributed by atoms with Gasteiger partial charge in [-0.15, -0.1) is 0 Å². The van der Waals surface area contributed by atoms with Crippen molar-refractivity contribution in [1.29, 1.82) is 0 Å². The summed E-state index contributed by atoms with van der Waals surface area (Å²) in [5.74, 6) is 1.02. The minimum absolute atomic E-state index is 0.852. The second-order valence-electron chi connectivity index (χ2n) is 6.44. The molecule has 1 aliphatic carbocycles. The number of likely N-dealkylation sites (tertiary alicyclic amines) is 1. The average molecular weight is 282 g/mol. The maximum atomic E-state index is 5.36. The van der Waals surface area contributed by atoms with Gasteiger partial charge in [0, 0.05) is 32.3 Å². The molecule has 0 spiro atoms. The van der Waals surface area contributed by atoms with Crippen molar-refractivity contribution in [2.24, 2.45) is 5.92 Å². The molecule has 118 valence electrons. The van der Waals surface area contributed by atoms with Gasteiger partial charge in [-0.05, 0) is 64.5 Å². The van der Waals surface area contributed by atoms with Gasteiger partial charge < -0.3 is 10.1 Å². The van der Waals surface area contributed by atoms with Crippen molar-refractivity contribution in [3.05, 3.63) is 0 Å². The number of nitrogens with zero attached hydrogens (tertiary/aromatic N) is 1. The Balaban J connectivity index is 1.52. The maximum Gasteiger partial charge on any atom is 0.0466 e. The number of piperidine rings is 1. The highest BCUT2D eigenvalue weighted by Crippen LogP contribution is 2.34. The number of hydrogen-bond donors (Lipinski definition) is 1. The molecule has 1 saturated heterocycles. The standard InChI is InChI=1S/C17H34N2O/c1-2-20-15-6-5-11-18-12-14-19-13-7-9-16-8-3-4-10-17(16)19/h16-18H,2-15H2,1H3/t16-,17-/m1/s1. The Bertz CT molecular complexity index is 245. The van der Waals surface area contributed by atoms with Crippen molar-refractivity contribution >= 4 is 0 Å². The third kappa shape index (κ3) is 5.34. The van der Waals surface area contributed by atoms with E-state index in [1.54, 1.807) is 0 Å². The van der Waals surface area contributed by atoms with Crippen molar-refractivity contribution in [3.8, 4) is 0 Å². The molecule has 2 fully saturated rings. The third-order valence-corrected chi connectivity index (χ3v) is 5.03. The molecule has 2 atom stereocenters. The highest BCUT2D eigenvalue weighted by molar-refractivity contribution is 4.87. The quantitative estimate of drug-likeness (QED) is 0.658. The summed E-state index contributed by atoms with van der Waals surface area (Å²) in [6.07, 6.45) is 11.2. The summed E-state index contributed by atoms with van der Waals surface area (Å²) < 4.78 is 5.36. The fraction of sp³-hybridized carbons (Fsp3) is 1.00. The molecular weight excluding hydrogens is 248 g/mol. The van der Waals surface area contributed by atoms with Crippen LogP contribution in [0, 0.1) is 5.92 Å². The minimum atomic E-state index is 0.852. The summed E-state index contributed by atoms with van der Waals surface area (Å²) in [5, 5.41) is 3.61. The van der Waals surface area contributed by atoms with E-state index in [0.717, 1.165) is 38.3 Å². The van der Waals surface area contributed by atoms with Crippen LogP contribution in [-0.4, -0.2) is 50.3 Å². The molecule has 0 amide bonds. The van der Waals surface area contributed by atoms with E-state index in [1.165, 1.54) is 64.5 Å². The molecule has 3 nitrogen and oxygen atoms in total. The van der Waals surface area contributed by atoms with Gasteiger partial charge in [0.2, 0.25) is 0 Å². The van der Waals surface area contributed by atoms with Gasteiger partial charge in [-0.2, -0.15) is 0 Å². The first-order chi connectivity index (χ1) is 9.92. The lowest BCUT2D eigenvalue weighted by Gasteiger charge is -2.44. The zero-order valence-corrected chi connectivity index (χ0v) is 13.4. The van der Waals surface area contributed by atoms with Crippen LogP contribution in [-0.2, 0) is 4.74 Å². The van der Waals surface area contributed by atoms with E-state index in [9.17, 15) is 0 Å². The summed E-state index contributed by atoms with van der Waals surface area (Å²) in [6.45, 7) is 8.75. The monoisotopic (exact) mass is 282 g/mol. The Labute approximate surface area is 125 Å². The zero-order chi connectivity index (χ0) is 14.0. The Kier molecular flexibility index (Phi) is 7.92.